The summed E-state index contributed by atoms with van der Waals surface area (Å²) < 4.78 is 12.2. The molecule has 1 atom stereocenters. The summed E-state index contributed by atoms with van der Waals surface area (Å²) in [4.78, 5) is 48.9. The van der Waals surface area contributed by atoms with Gasteiger partial charge in [-0.05, 0) is 12.1 Å². The zero-order valence-electron chi connectivity index (χ0n) is 18.8. The maximum atomic E-state index is 13.1. The number of carbonyl (C=O) groups excluding carboxylic acids is 3. The molecule has 2 saturated heterocycles. The first kappa shape index (κ1) is 22.0. The second-order valence-electron chi connectivity index (χ2n) is 8.85. The third-order valence-corrected chi connectivity index (χ3v) is 6.80. The van der Waals surface area contributed by atoms with Crippen molar-refractivity contribution in [2.75, 3.05) is 26.2 Å². The standard InChI is InChI=1S/C24H22ClN5O5/c25-14-7-13-8-18(24(33)29-5-3-26-4-6-29)35-22(13)16(9-14)21-23-17(27-12-28-21)10-15(34-23)11-30-19(31)1-2-20(30)32/h7,9-10,12,18,26H,1-6,8,11H2. The van der Waals surface area contributed by atoms with Gasteiger partial charge in [0.05, 0.1) is 6.54 Å². The maximum Gasteiger partial charge on any atom is 0.264 e. The van der Waals surface area contributed by atoms with E-state index in [9.17, 15) is 14.4 Å². The predicted octanol–water partition coefficient (Wildman–Crippen LogP) is 1.93. The third-order valence-electron chi connectivity index (χ3n) is 6.59. The number of nitrogens with zero attached hydrogens (tertiary/aromatic N) is 4. The number of likely N-dealkylation sites (tertiary alicyclic amines) is 1. The lowest BCUT2D eigenvalue weighted by atomic mass is 10.0. The van der Waals surface area contributed by atoms with E-state index in [0.29, 0.717) is 58.4 Å². The molecule has 2 fully saturated rings. The fourth-order valence-electron chi connectivity index (χ4n) is 4.86. The number of carbonyl (C=O) groups is 3. The smallest absolute Gasteiger partial charge is 0.264 e. The summed E-state index contributed by atoms with van der Waals surface area (Å²) in [5.41, 5.74) is 2.82. The molecule has 11 heteroatoms. The molecule has 3 aliphatic rings. The van der Waals surface area contributed by atoms with Gasteiger partial charge in [-0.3, -0.25) is 19.3 Å². The number of hydrogen-bond acceptors (Lipinski definition) is 8. The van der Waals surface area contributed by atoms with Crippen LogP contribution < -0.4 is 10.1 Å². The molecule has 1 unspecified atom stereocenters. The summed E-state index contributed by atoms with van der Waals surface area (Å²) >= 11 is 6.44. The molecular formula is C24H22ClN5O5. The van der Waals surface area contributed by atoms with Gasteiger partial charge in [-0.25, -0.2) is 9.97 Å². The van der Waals surface area contributed by atoms with Crippen LogP contribution in [0.25, 0.3) is 22.4 Å². The number of piperazine rings is 1. The Morgan fingerprint density at radius 1 is 1.11 bits per heavy atom. The number of furan rings is 1. The first-order valence-corrected chi connectivity index (χ1v) is 11.9. The van der Waals surface area contributed by atoms with E-state index >= 15 is 0 Å². The maximum absolute atomic E-state index is 13.1. The van der Waals surface area contributed by atoms with Gasteiger partial charge in [0.15, 0.2) is 11.7 Å². The molecule has 35 heavy (non-hydrogen) atoms. The van der Waals surface area contributed by atoms with E-state index in [-0.39, 0.29) is 37.1 Å². The van der Waals surface area contributed by atoms with Crippen LogP contribution in [0.3, 0.4) is 0 Å². The lowest BCUT2D eigenvalue weighted by molar-refractivity contribution is -0.140. The van der Waals surface area contributed by atoms with Gasteiger partial charge in [0, 0.05) is 67.7 Å². The third kappa shape index (κ3) is 3.92. The van der Waals surface area contributed by atoms with Gasteiger partial charge in [-0.1, -0.05) is 11.6 Å². The Balaban J connectivity index is 1.34. The number of amides is 3. The Morgan fingerprint density at radius 2 is 1.89 bits per heavy atom. The number of imide groups is 1. The number of ether oxygens (including phenoxy) is 1. The van der Waals surface area contributed by atoms with E-state index in [0.717, 1.165) is 18.7 Å². The van der Waals surface area contributed by atoms with Crippen molar-refractivity contribution < 1.29 is 23.5 Å². The summed E-state index contributed by atoms with van der Waals surface area (Å²) in [6.45, 7) is 2.85. The van der Waals surface area contributed by atoms with Crippen LogP contribution in [0.15, 0.2) is 28.9 Å². The van der Waals surface area contributed by atoms with Crippen LogP contribution in [-0.2, 0) is 27.3 Å². The second kappa shape index (κ2) is 8.62. The van der Waals surface area contributed by atoms with Gasteiger partial charge in [0.2, 0.25) is 11.8 Å². The number of fused-ring (bicyclic) bond motifs is 2. The number of aromatic nitrogens is 2. The van der Waals surface area contributed by atoms with E-state index in [1.54, 1.807) is 12.1 Å². The molecule has 180 valence electrons. The van der Waals surface area contributed by atoms with Gasteiger partial charge >= 0.3 is 0 Å². The van der Waals surface area contributed by atoms with E-state index < -0.39 is 6.10 Å². The minimum atomic E-state index is -0.628. The first-order valence-electron chi connectivity index (χ1n) is 11.5. The molecule has 0 radical (unpaired) electrons. The zero-order chi connectivity index (χ0) is 24.1. The summed E-state index contributed by atoms with van der Waals surface area (Å²) in [7, 11) is 0. The zero-order valence-corrected chi connectivity index (χ0v) is 19.5. The normalized spacial score (nSPS) is 20.0. The molecule has 2 aromatic heterocycles. The van der Waals surface area contributed by atoms with Crippen LogP contribution in [0, 0.1) is 0 Å². The predicted molar refractivity (Wildman–Crippen MR) is 125 cm³/mol. The van der Waals surface area contributed by atoms with Gasteiger partial charge in [-0.2, -0.15) is 0 Å². The van der Waals surface area contributed by atoms with Crippen LogP contribution in [-0.4, -0.2) is 69.8 Å². The van der Waals surface area contributed by atoms with Crippen LogP contribution >= 0.6 is 11.6 Å². The fraction of sp³-hybridized carbons (Fsp3) is 0.375. The molecule has 0 aliphatic carbocycles. The molecule has 10 nitrogen and oxygen atoms in total. The van der Waals surface area contributed by atoms with E-state index in [1.165, 1.54) is 11.2 Å². The van der Waals surface area contributed by atoms with Crippen molar-refractivity contribution in [3.05, 3.63) is 40.9 Å². The van der Waals surface area contributed by atoms with Crippen molar-refractivity contribution in [3.8, 4) is 17.0 Å². The highest BCUT2D eigenvalue weighted by atomic mass is 35.5. The number of halogens is 1. The second-order valence-corrected chi connectivity index (χ2v) is 9.29. The molecule has 3 aromatic rings. The summed E-state index contributed by atoms with van der Waals surface area (Å²) in [5.74, 6) is 0.492. The minimum absolute atomic E-state index is 0.0406. The van der Waals surface area contributed by atoms with Crippen molar-refractivity contribution in [3.63, 3.8) is 0 Å². The SMILES string of the molecule is O=C(C1Cc2cc(Cl)cc(-c3ncnc4cc(CN5C(=O)CCC5=O)oc34)c2O1)N1CCNCC1. The molecule has 5 heterocycles. The van der Waals surface area contributed by atoms with Crippen LogP contribution in [0.1, 0.15) is 24.2 Å². The lowest BCUT2D eigenvalue weighted by Crippen LogP contribution is -2.50. The summed E-state index contributed by atoms with van der Waals surface area (Å²) in [6.07, 6.45) is 1.63. The van der Waals surface area contributed by atoms with Crippen LogP contribution in [0.2, 0.25) is 5.02 Å². The highest BCUT2D eigenvalue weighted by Crippen LogP contribution is 2.43. The molecule has 0 saturated carbocycles. The largest absolute Gasteiger partial charge is 0.479 e. The Bertz CT molecular complexity index is 1350. The summed E-state index contributed by atoms with van der Waals surface area (Å²) in [6, 6.07) is 5.24. The minimum Gasteiger partial charge on any atom is -0.479 e. The van der Waals surface area contributed by atoms with Crippen molar-refractivity contribution in [2.45, 2.75) is 31.9 Å². The van der Waals surface area contributed by atoms with Gasteiger partial charge in [0.1, 0.15) is 29.0 Å². The van der Waals surface area contributed by atoms with E-state index in [4.69, 9.17) is 20.8 Å². The highest BCUT2D eigenvalue weighted by molar-refractivity contribution is 6.31. The molecule has 3 aliphatic heterocycles. The van der Waals surface area contributed by atoms with Crippen LogP contribution in [0.4, 0.5) is 0 Å². The highest BCUT2D eigenvalue weighted by Gasteiger charge is 2.36. The number of rotatable bonds is 4. The Hall–Kier alpha value is -3.50. The Kier molecular flexibility index (Phi) is 5.42. The van der Waals surface area contributed by atoms with Crippen molar-refractivity contribution >= 4 is 40.4 Å². The average Bonchev–Trinajstić information content (AvgIpc) is 3.56. The average molecular weight is 496 g/mol. The molecule has 1 N–H and O–H groups in total. The molecule has 0 bridgehead atoms. The molecule has 1 aromatic carbocycles. The summed E-state index contributed by atoms with van der Waals surface area (Å²) in [5, 5.41) is 3.73. The van der Waals surface area contributed by atoms with E-state index in [1.807, 2.05) is 11.0 Å². The van der Waals surface area contributed by atoms with Crippen molar-refractivity contribution in [1.82, 2.24) is 25.1 Å². The monoisotopic (exact) mass is 495 g/mol. The fourth-order valence-corrected chi connectivity index (χ4v) is 5.10. The van der Waals surface area contributed by atoms with Gasteiger partial charge in [0.25, 0.3) is 5.91 Å². The molecule has 6 rings (SSSR count). The first-order chi connectivity index (χ1) is 17.0. The lowest BCUT2D eigenvalue weighted by Gasteiger charge is -2.29. The van der Waals surface area contributed by atoms with Gasteiger partial charge < -0.3 is 19.4 Å². The quantitative estimate of drug-likeness (QED) is 0.545. The van der Waals surface area contributed by atoms with Crippen molar-refractivity contribution in [2.24, 2.45) is 0 Å². The Morgan fingerprint density at radius 3 is 2.66 bits per heavy atom. The number of nitrogens with one attached hydrogen (secondary N) is 1. The van der Waals surface area contributed by atoms with Crippen LogP contribution in [0.5, 0.6) is 5.75 Å². The number of hydrogen-bond donors (Lipinski definition) is 1. The van der Waals surface area contributed by atoms with Crippen molar-refractivity contribution in [1.29, 1.82) is 0 Å². The molecular weight excluding hydrogens is 474 g/mol. The van der Waals surface area contributed by atoms with Gasteiger partial charge in [-0.15, -0.1) is 0 Å². The van der Waals surface area contributed by atoms with E-state index in [2.05, 4.69) is 15.3 Å². The molecule has 0 spiro atoms. The Labute approximate surface area is 205 Å². The topological polar surface area (TPSA) is 118 Å². The molecule has 3 amide bonds. The number of benzene rings is 1.